The van der Waals surface area contributed by atoms with E-state index in [0.29, 0.717) is 17.1 Å². The monoisotopic (exact) mass is 335 g/mol. The fraction of sp³-hybridized carbons (Fsp3) is 0.133. The quantitative estimate of drug-likeness (QED) is 0.800. The molecule has 1 aromatic carbocycles. The summed E-state index contributed by atoms with van der Waals surface area (Å²) in [4.78, 5) is 12.1. The highest BCUT2D eigenvalue weighted by atomic mass is 19.4. The molecule has 124 valence electrons. The standard InChI is InChI=1S/C15H12F3N5O/c1-22-8-7-13(21-22)19-14(24)10-2-4-11(5-3-10)23-9-6-12(20-23)15(16,17)18/h2-9H,1H3,(H,19,21,24). The molecule has 0 spiro atoms. The van der Waals surface area contributed by atoms with Gasteiger partial charge in [-0.1, -0.05) is 0 Å². The number of alkyl halides is 3. The Bertz CT molecular complexity index is 864. The number of rotatable bonds is 3. The number of carbonyl (C=O) groups excluding carboxylic acids is 1. The van der Waals surface area contributed by atoms with Crippen LogP contribution in [0.4, 0.5) is 19.0 Å². The van der Waals surface area contributed by atoms with Crippen LogP contribution in [0.15, 0.2) is 48.8 Å². The minimum absolute atomic E-state index is 0.354. The van der Waals surface area contributed by atoms with E-state index in [1.165, 1.54) is 30.5 Å². The number of amides is 1. The summed E-state index contributed by atoms with van der Waals surface area (Å²) < 4.78 is 40.3. The van der Waals surface area contributed by atoms with Crippen molar-refractivity contribution in [3.05, 3.63) is 60.0 Å². The van der Waals surface area contributed by atoms with Crippen molar-refractivity contribution in [2.24, 2.45) is 7.05 Å². The van der Waals surface area contributed by atoms with Crippen LogP contribution in [-0.2, 0) is 13.2 Å². The molecule has 0 bridgehead atoms. The van der Waals surface area contributed by atoms with Crippen molar-refractivity contribution in [3.63, 3.8) is 0 Å². The minimum atomic E-state index is -4.49. The SMILES string of the molecule is Cn1ccc(NC(=O)c2ccc(-n3ccc(C(F)(F)F)n3)cc2)n1. The van der Waals surface area contributed by atoms with Crippen molar-refractivity contribution in [1.82, 2.24) is 19.6 Å². The van der Waals surface area contributed by atoms with Crippen molar-refractivity contribution in [3.8, 4) is 5.69 Å². The molecular weight excluding hydrogens is 323 g/mol. The molecule has 0 aliphatic rings. The molecule has 3 aromatic rings. The number of benzene rings is 1. The molecule has 0 atom stereocenters. The number of carbonyl (C=O) groups is 1. The van der Waals surface area contributed by atoms with Crippen LogP contribution in [-0.4, -0.2) is 25.5 Å². The summed E-state index contributed by atoms with van der Waals surface area (Å²) in [6.07, 6.45) is -1.59. The number of hydrogen-bond acceptors (Lipinski definition) is 3. The molecule has 24 heavy (non-hydrogen) atoms. The van der Waals surface area contributed by atoms with Gasteiger partial charge in [-0.2, -0.15) is 23.4 Å². The first-order chi connectivity index (χ1) is 11.3. The molecule has 0 saturated heterocycles. The number of nitrogens with zero attached hydrogens (tertiary/aromatic N) is 4. The van der Waals surface area contributed by atoms with Gasteiger partial charge >= 0.3 is 6.18 Å². The number of nitrogens with one attached hydrogen (secondary N) is 1. The fourth-order valence-corrected chi connectivity index (χ4v) is 2.05. The van der Waals surface area contributed by atoms with E-state index in [0.717, 1.165) is 10.7 Å². The third-order valence-corrected chi connectivity index (χ3v) is 3.23. The average Bonchev–Trinajstić information content (AvgIpc) is 3.16. The van der Waals surface area contributed by atoms with E-state index in [-0.39, 0.29) is 5.91 Å². The largest absolute Gasteiger partial charge is 0.435 e. The molecule has 0 aliphatic carbocycles. The van der Waals surface area contributed by atoms with Crippen LogP contribution >= 0.6 is 0 Å². The van der Waals surface area contributed by atoms with Crippen LogP contribution in [0.3, 0.4) is 0 Å². The lowest BCUT2D eigenvalue weighted by atomic mass is 10.2. The molecule has 0 radical (unpaired) electrons. The molecule has 9 heteroatoms. The van der Waals surface area contributed by atoms with Gasteiger partial charge in [0.1, 0.15) is 0 Å². The van der Waals surface area contributed by atoms with Gasteiger partial charge < -0.3 is 5.32 Å². The summed E-state index contributed by atoms with van der Waals surface area (Å²) in [5, 5.41) is 10.1. The highest BCUT2D eigenvalue weighted by Gasteiger charge is 2.33. The maximum Gasteiger partial charge on any atom is 0.435 e. The first-order valence-corrected chi connectivity index (χ1v) is 6.87. The van der Waals surface area contributed by atoms with Gasteiger partial charge in [0.25, 0.3) is 5.91 Å². The highest BCUT2D eigenvalue weighted by molar-refractivity contribution is 6.03. The van der Waals surface area contributed by atoms with Crippen molar-refractivity contribution in [2.75, 3.05) is 5.32 Å². The van der Waals surface area contributed by atoms with E-state index >= 15 is 0 Å². The molecule has 6 nitrogen and oxygen atoms in total. The van der Waals surface area contributed by atoms with Crippen LogP contribution < -0.4 is 5.32 Å². The fourth-order valence-electron chi connectivity index (χ4n) is 2.05. The Kier molecular flexibility index (Phi) is 3.84. The van der Waals surface area contributed by atoms with Crippen LogP contribution in [0.5, 0.6) is 0 Å². The van der Waals surface area contributed by atoms with Gasteiger partial charge in [0.15, 0.2) is 11.5 Å². The second-order valence-corrected chi connectivity index (χ2v) is 5.02. The third-order valence-electron chi connectivity index (χ3n) is 3.23. The summed E-state index contributed by atoms with van der Waals surface area (Å²) >= 11 is 0. The van der Waals surface area contributed by atoms with Crippen LogP contribution in [0.25, 0.3) is 5.69 Å². The Morgan fingerprint density at radius 1 is 1.04 bits per heavy atom. The minimum Gasteiger partial charge on any atom is -0.305 e. The average molecular weight is 335 g/mol. The molecule has 3 rings (SSSR count). The highest BCUT2D eigenvalue weighted by Crippen LogP contribution is 2.27. The van der Waals surface area contributed by atoms with E-state index < -0.39 is 11.9 Å². The Morgan fingerprint density at radius 3 is 2.29 bits per heavy atom. The smallest absolute Gasteiger partial charge is 0.305 e. The normalized spacial score (nSPS) is 11.5. The molecule has 0 aliphatic heterocycles. The number of aromatic nitrogens is 4. The van der Waals surface area contributed by atoms with E-state index in [2.05, 4.69) is 15.5 Å². The lowest BCUT2D eigenvalue weighted by Gasteiger charge is -2.05. The number of anilines is 1. The van der Waals surface area contributed by atoms with E-state index in [1.54, 1.807) is 24.0 Å². The molecular formula is C15H12F3N5O. The van der Waals surface area contributed by atoms with Gasteiger partial charge in [-0.3, -0.25) is 9.48 Å². The second-order valence-electron chi connectivity index (χ2n) is 5.02. The molecule has 0 unspecified atom stereocenters. The predicted molar refractivity (Wildman–Crippen MR) is 79.7 cm³/mol. The molecule has 1 amide bonds. The lowest BCUT2D eigenvalue weighted by Crippen LogP contribution is -2.12. The summed E-state index contributed by atoms with van der Waals surface area (Å²) in [5.41, 5.74) is -0.202. The van der Waals surface area contributed by atoms with Gasteiger partial charge in [0.2, 0.25) is 0 Å². The van der Waals surface area contributed by atoms with Gasteiger partial charge in [0, 0.05) is 31.1 Å². The topological polar surface area (TPSA) is 64.7 Å². The van der Waals surface area contributed by atoms with Gasteiger partial charge in [0.05, 0.1) is 5.69 Å². The third kappa shape index (κ3) is 3.29. The summed E-state index contributed by atoms with van der Waals surface area (Å²) in [7, 11) is 1.73. The summed E-state index contributed by atoms with van der Waals surface area (Å²) in [6.45, 7) is 0. The predicted octanol–water partition coefficient (Wildman–Crippen LogP) is 2.88. The zero-order chi connectivity index (χ0) is 17.3. The number of halogens is 3. The van der Waals surface area contributed by atoms with Crippen LogP contribution in [0.1, 0.15) is 16.1 Å². The van der Waals surface area contributed by atoms with Crippen LogP contribution in [0, 0.1) is 0 Å². The Labute approximate surface area is 134 Å². The van der Waals surface area contributed by atoms with Gasteiger partial charge in [-0.05, 0) is 30.3 Å². The Morgan fingerprint density at radius 2 is 1.75 bits per heavy atom. The van der Waals surface area contributed by atoms with Gasteiger partial charge in [-0.15, -0.1) is 0 Å². The molecule has 0 fully saturated rings. The summed E-state index contributed by atoms with van der Waals surface area (Å²) in [6, 6.07) is 8.57. The zero-order valence-corrected chi connectivity index (χ0v) is 12.4. The first-order valence-electron chi connectivity index (χ1n) is 6.87. The zero-order valence-electron chi connectivity index (χ0n) is 12.4. The number of aryl methyl sites for hydroxylation is 1. The molecule has 2 heterocycles. The van der Waals surface area contributed by atoms with Crippen molar-refractivity contribution < 1.29 is 18.0 Å². The maximum absolute atomic E-state index is 12.6. The van der Waals surface area contributed by atoms with E-state index in [1.807, 2.05) is 0 Å². The summed E-state index contributed by atoms with van der Waals surface area (Å²) in [5.74, 6) is 0.0465. The Balaban J connectivity index is 1.75. The van der Waals surface area contributed by atoms with Crippen molar-refractivity contribution >= 4 is 11.7 Å². The second kappa shape index (κ2) is 5.84. The molecule has 0 saturated carbocycles. The van der Waals surface area contributed by atoms with E-state index in [9.17, 15) is 18.0 Å². The van der Waals surface area contributed by atoms with E-state index in [4.69, 9.17) is 0 Å². The Hall–Kier alpha value is -3.10. The first kappa shape index (κ1) is 15.8. The lowest BCUT2D eigenvalue weighted by molar-refractivity contribution is -0.141. The van der Waals surface area contributed by atoms with Gasteiger partial charge in [-0.25, -0.2) is 4.68 Å². The van der Waals surface area contributed by atoms with Crippen molar-refractivity contribution in [1.29, 1.82) is 0 Å². The molecule has 1 N–H and O–H groups in total. The maximum atomic E-state index is 12.6. The number of hydrogen-bond donors (Lipinski definition) is 1. The van der Waals surface area contributed by atoms with Crippen LogP contribution in [0.2, 0.25) is 0 Å². The molecule has 2 aromatic heterocycles. The van der Waals surface area contributed by atoms with Crippen molar-refractivity contribution in [2.45, 2.75) is 6.18 Å².